The zero-order valence-electron chi connectivity index (χ0n) is 16.8. The molecule has 0 bridgehead atoms. The number of rotatable bonds is 4. The number of carbonyl (C=O) groups is 1. The van der Waals surface area contributed by atoms with Gasteiger partial charge in [-0.3, -0.25) is 4.79 Å². The van der Waals surface area contributed by atoms with Gasteiger partial charge in [-0.05, 0) is 44.2 Å². The number of amides is 1. The SMILES string of the molecule is Cc1ccc2c(CC(=O)Nc3ccccc3N3CCN(C)CC3)coc2c1C. The summed E-state index contributed by atoms with van der Waals surface area (Å²) in [7, 11) is 2.14. The van der Waals surface area contributed by atoms with E-state index in [4.69, 9.17) is 4.42 Å². The number of fused-ring (bicyclic) bond motifs is 1. The lowest BCUT2D eigenvalue weighted by molar-refractivity contribution is -0.115. The average molecular weight is 377 g/mol. The van der Waals surface area contributed by atoms with E-state index in [-0.39, 0.29) is 5.91 Å². The highest BCUT2D eigenvalue weighted by Gasteiger charge is 2.18. The van der Waals surface area contributed by atoms with E-state index in [1.165, 1.54) is 5.56 Å². The van der Waals surface area contributed by atoms with Crippen LogP contribution in [0, 0.1) is 13.8 Å². The zero-order chi connectivity index (χ0) is 19.7. The lowest BCUT2D eigenvalue weighted by Crippen LogP contribution is -2.44. The largest absolute Gasteiger partial charge is 0.464 e. The highest BCUT2D eigenvalue weighted by molar-refractivity contribution is 5.98. The number of hydrogen-bond acceptors (Lipinski definition) is 4. The number of likely N-dealkylation sites (N-methyl/N-ethyl adjacent to an activating group) is 1. The molecule has 28 heavy (non-hydrogen) atoms. The van der Waals surface area contributed by atoms with Gasteiger partial charge in [-0.25, -0.2) is 0 Å². The lowest BCUT2D eigenvalue weighted by Gasteiger charge is -2.35. The predicted molar refractivity (Wildman–Crippen MR) is 114 cm³/mol. The van der Waals surface area contributed by atoms with Crippen LogP contribution in [0.25, 0.3) is 11.0 Å². The van der Waals surface area contributed by atoms with E-state index in [0.29, 0.717) is 6.42 Å². The first-order valence-electron chi connectivity index (χ1n) is 9.81. The molecular weight excluding hydrogens is 350 g/mol. The van der Waals surface area contributed by atoms with Crippen LogP contribution in [-0.4, -0.2) is 44.0 Å². The third-order valence-electron chi connectivity index (χ3n) is 5.71. The van der Waals surface area contributed by atoms with Crippen molar-refractivity contribution >= 4 is 28.3 Å². The van der Waals surface area contributed by atoms with Crippen LogP contribution in [-0.2, 0) is 11.2 Å². The minimum Gasteiger partial charge on any atom is -0.464 e. The van der Waals surface area contributed by atoms with Crippen molar-refractivity contribution in [1.29, 1.82) is 0 Å². The Balaban J connectivity index is 1.51. The van der Waals surface area contributed by atoms with Gasteiger partial charge in [0.05, 0.1) is 24.1 Å². The molecule has 4 rings (SSSR count). The number of nitrogens with zero attached hydrogens (tertiary/aromatic N) is 2. The molecule has 1 amide bonds. The number of carbonyl (C=O) groups excluding carboxylic acids is 1. The van der Waals surface area contributed by atoms with E-state index in [2.05, 4.69) is 48.1 Å². The molecule has 0 spiro atoms. The molecule has 1 saturated heterocycles. The molecular formula is C23H27N3O2. The highest BCUT2D eigenvalue weighted by Crippen LogP contribution is 2.29. The second-order valence-corrected chi connectivity index (χ2v) is 7.68. The van der Waals surface area contributed by atoms with Gasteiger partial charge in [0.15, 0.2) is 0 Å². The molecule has 1 aromatic heterocycles. The van der Waals surface area contributed by atoms with Gasteiger partial charge in [-0.1, -0.05) is 24.3 Å². The van der Waals surface area contributed by atoms with Crippen molar-refractivity contribution in [3.63, 3.8) is 0 Å². The first-order valence-corrected chi connectivity index (χ1v) is 9.81. The molecule has 1 fully saturated rings. The van der Waals surface area contributed by atoms with Gasteiger partial charge in [0, 0.05) is 37.1 Å². The van der Waals surface area contributed by atoms with E-state index in [9.17, 15) is 4.79 Å². The Labute approximate surface area is 165 Å². The maximum atomic E-state index is 12.8. The first kappa shape index (κ1) is 18.6. The van der Waals surface area contributed by atoms with E-state index in [0.717, 1.165) is 59.6 Å². The second-order valence-electron chi connectivity index (χ2n) is 7.68. The Morgan fingerprint density at radius 2 is 1.82 bits per heavy atom. The summed E-state index contributed by atoms with van der Waals surface area (Å²) < 4.78 is 5.75. The maximum absolute atomic E-state index is 12.8. The molecule has 0 aliphatic carbocycles. The third-order valence-corrected chi connectivity index (χ3v) is 5.71. The summed E-state index contributed by atoms with van der Waals surface area (Å²) in [6.07, 6.45) is 2.01. The minimum absolute atomic E-state index is 0.0255. The summed E-state index contributed by atoms with van der Waals surface area (Å²) in [6.45, 7) is 8.11. The summed E-state index contributed by atoms with van der Waals surface area (Å²) in [6, 6.07) is 12.2. The second kappa shape index (κ2) is 7.68. The molecule has 0 radical (unpaired) electrons. The van der Waals surface area contributed by atoms with Crippen molar-refractivity contribution in [3.8, 4) is 0 Å². The van der Waals surface area contributed by atoms with Gasteiger partial charge in [0.2, 0.25) is 5.91 Å². The smallest absolute Gasteiger partial charge is 0.228 e. The van der Waals surface area contributed by atoms with Gasteiger partial charge in [-0.2, -0.15) is 0 Å². The molecule has 146 valence electrons. The molecule has 5 heteroatoms. The Morgan fingerprint density at radius 1 is 1.07 bits per heavy atom. The van der Waals surface area contributed by atoms with E-state index in [1.54, 1.807) is 6.26 Å². The number of anilines is 2. The topological polar surface area (TPSA) is 48.7 Å². The number of benzene rings is 2. The fraction of sp³-hybridized carbons (Fsp3) is 0.348. The van der Waals surface area contributed by atoms with E-state index >= 15 is 0 Å². The Bertz CT molecular complexity index is 1000. The van der Waals surface area contributed by atoms with Crippen LogP contribution in [0.5, 0.6) is 0 Å². The quantitative estimate of drug-likeness (QED) is 0.747. The fourth-order valence-corrected chi connectivity index (χ4v) is 3.80. The summed E-state index contributed by atoms with van der Waals surface area (Å²) >= 11 is 0. The van der Waals surface area contributed by atoms with Crippen LogP contribution >= 0.6 is 0 Å². The van der Waals surface area contributed by atoms with E-state index < -0.39 is 0 Å². The van der Waals surface area contributed by atoms with Crippen LogP contribution in [0.1, 0.15) is 16.7 Å². The number of nitrogens with one attached hydrogen (secondary N) is 1. The number of furan rings is 1. The van der Waals surface area contributed by atoms with Gasteiger partial charge in [0.25, 0.3) is 0 Å². The maximum Gasteiger partial charge on any atom is 0.228 e. The number of hydrogen-bond donors (Lipinski definition) is 1. The molecule has 1 N–H and O–H groups in total. The first-order chi connectivity index (χ1) is 13.5. The summed E-state index contributed by atoms with van der Waals surface area (Å²) in [5.74, 6) is -0.0255. The van der Waals surface area contributed by atoms with Gasteiger partial charge < -0.3 is 19.5 Å². The lowest BCUT2D eigenvalue weighted by atomic mass is 10.0. The molecule has 0 saturated carbocycles. The van der Waals surface area contributed by atoms with Gasteiger partial charge in [0.1, 0.15) is 5.58 Å². The van der Waals surface area contributed by atoms with Crippen molar-refractivity contribution in [2.45, 2.75) is 20.3 Å². The van der Waals surface area contributed by atoms with Crippen LogP contribution in [0.15, 0.2) is 47.1 Å². The number of piperazine rings is 1. The summed E-state index contributed by atoms with van der Waals surface area (Å²) in [5, 5.41) is 4.13. The Hall–Kier alpha value is -2.79. The minimum atomic E-state index is -0.0255. The van der Waals surface area contributed by atoms with Crippen molar-refractivity contribution in [3.05, 3.63) is 59.4 Å². The van der Waals surface area contributed by atoms with Gasteiger partial charge in [-0.15, -0.1) is 0 Å². The van der Waals surface area contributed by atoms with Crippen LogP contribution < -0.4 is 10.2 Å². The molecule has 2 aromatic carbocycles. The molecule has 1 aliphatic rings. The number of para-hydroxylation sites is 2. The van der Waals surface area contributed by atoms with Crippen LogP contribution in [0.3, 0.4) is 0 Å². The standard InChI is InChI=1S/C23H27N3O2/c1-16-8-9-19-18(15-28-23(19)17(16)2)14-22(27)24-20-6-4-5-7-21(20)26-12-10-25(3)11-13-26/h4-9,15H,10-14H2,1-3H3,(H,24,27). The number of aryl methyl sites for hydroxylation is 2. The third kappa shape index (κ3) is 3.62. The molecule has 2 heterocycles. The molecule has 0 atom stereocenters. The van der Waals surface area contributed by atoms with E-state index in [1.807, 2.05) is 24.3 Å². The molecule has 5 nitrogen and oxygen atoms in total. The van der Waals surface area contributed by atoms with Gasteiger partial charge >= 0.3 is 0 Å². The Morgan fingerprint density at radius 3 is 2.61 bits per heavy atom. The van der Waals surface area contributed by atoms with Crippen molar-refractivity contribution in [2.24, 2.45) is 0 Å². The Kier molecular flexibility index (Phi) is 5.09. The fourth-order valence-electron chi connectivity index (χ4n) is 3.80. The average Bonchev–Trinajstić information content (AvgIpc) is 3.09. The van der Waals surface area contributed by atoms with Crippen molar-refractivity contribution in [1.82, 2.24) is 4.90 Å². The summed E-state index contributed by atoms with van der Waals surface area (Å²) in [5.41, 5.74) is 6.08. The van der Waals surface area contributed by atoms with Crippen molar-refractivity contribution in [2.75, 3.05) is 43.4 Å². The molecule has 3 aromatic rings. The highest BCUT2D eigenvalue weighted by atomic mass is 16.3. The molecule has 0 unspecified atom stereocenters. The van der Waals surface area contributed by atoms with Crippen LogP contribution in [0.2, 0.25) is 0 Å². The summed E-state index contributed by atoms with van der Waals surface area (Å²) in [4.78, 5) is 17.4. The normalized spacial score (nSPS) is 15.2. The monoisotopic (exact) mass is 377 g/mol. The predicted octanol–water partition coefficient (Wildman–Crippen LogP) is 3.98. The molecule has 1 aliphatic heterocycles. The zero-order valence-corrected chi connectivity index (χ0v) is 16.8. The van der Waals surface area contributed by atoms with Crippen molar-refractivity contribution < 1.29 is 9.21 Å². The van der Waals surface area contributed by atoms with Crippen LogP contribution in [0.4, 0.5) is 11.4 Å².